The number of amides is 1. The lowest BCUT2D eigenvalue weighted by molar-refractivity contribution is 0.0558. The van der Waals surface area contributed by atoms with E-state index in [1.54, 1.807) is 23.1 Å². The molecule has 0 aliphatic carbocycles. The molecule has 2 aromatic rings. The van der Waals surface area contributed by atoms with Crippen LogP contribution in [0.25, 0.3) is 0 Å². The molecule has 0 radical (unpaired) electrons. The summed E-state index contributed by atoms with van der Waals surface area (Å²) in [6.07, 6.45) is 1.37. The summed E-state index contributed by atoms with van der Waals surface area (Å²) in [6.45, 7) is 5.98. The number of carbonyl (C=O) groups excluding carboxylic acids is 1. The summed E-state index contributed by atoms with van der Waals surface area (Å²) in [5.41, 5.74) is -0.0909. The summed E-state index contributed by atoms with van der Waals surface area (Å²) in [5.74, 6) is -0.360. The molecule has 0 spiro atoms. The molecule has 1 heterocycles. The second kappa shape index (κ2) is 6.18. The van der Waals surface area contributed by atoms with Gasteiger partial charge in [-0.2, -0.15) is 0 Å². The lowest BCUT2D eigenvalue weighted by Gasteiger charge is -2.35. The number of carbonyl (C=O) groups is 1. The first-order chi connectivity index (χ1) is 10.2. The van der Waals surface area contributed by atoms with E-state index in [0.717, 1.165) is 5.56 Å². The molecular weight excluding hydrogens is 325 g/mol. The molecule has 1 aromatic heterocycles. The largest absolute Gasteiger partial charge is 0.329 e. The van der Waals surface area contributed by atoms with E-state index in [4.69, 9.17) is 23.2 Å². The van der Waals surface area contributed by atoms with Gasteiger partial charge in [-0.1, -0.05) is 29.3 Å². The number of H-pyrrole nitrogens is 2. The maximum atomic E-state index is 12.7. The Morgan fingerprint density at radius 2 is 1.95 bits per heavy atom. The molecule has 2 rings (SSSR count). The Hall–Kier alpha value is -1.72. The minimum Gasteiger partial charge on any atom is -0.329 e. The van der Waals surface area contributed by atoms with Crippen molar-refractivity contribution < 1.29 is 4.79 Å². The quantitative estimate of drug-likeness (QED) is 0.897. The van der Waals surface area contributed by atoms with E-state index in [2.05, 4.69) is 10.2 Å². The molecule has 0 saturated carbocycles. The second-order valence-electron chi connectivity index (χ2n) is 5.95. The van der Waals surface area contributed by atoms with Crippen LogP contribution in [-0.4, -0.2) is 26.5 Å². The first-order valence-corrected chi connectivity index (χ1v) is 7.47. The summed E-state index contributed by atoms with van der Waals surface area (Å²) in [5, 5.41) is 5.92. The fraction of sp³-hybridized carbons (Fsp3) is 0.333. The molecule has 0 fully saturated rings. The van der Waals surface area contributed by atoms with Crippen LogP contribution in [0.2, 0.25) is 10.0 Å². The normalized spacial score (nSPS) is 11.5. The fourth-order valence-corrected chi connectivity index (χ4v) is 2.51. The lowest BCUT2D eigenvalue weighted by Crippen LogP contribution is -2.46. The van der Waals surface area contributed by atoms with E-state index in [0.29, 0.717) is 10.0 Å². The van der Waals surface area contributed by atoms with Gasteiger partial charge in [-0.25, -0.2) is 0 Å². The number of nitrogens with zero attached hydrogens (tertiary/aromatic N) is 1. The Bertz CT molecular complexity index is 744. The molecule has 0 saturated heterocycles. The monoisotopic (exact) mass is 341 g/mol. The molecule has 1 aromatic carbocycles. The summed E-state index contributed by atoms with van der Waals surface area (Å²) in [6, 6.07) is 5.13. The van der Waals surface area contributed by atoms with Crippen LogP contribution in [0, 0.1) is 0 Å². The minimum absolute atomic E-state index is 0.0695. The topological polar surface area (TPSA) is 69.0 Å². The van der Waals surface area contributed by atoms with E-state index in [1.807, 2.05) is 20.8 Å². The van der Waals surface area contributed by atoms with Crippen molar-refractivity contribution in [1.82, 2.24) is 15.1 Å². The van der Waals surface area contributed by atoms with Gasteiger partial charge in [0.15, 0.2) is 0 Å². The number of rotatable bonds is 3. The van der Waals surface area contributed by atoms with Crippen LogP contribution in [0.3, 0.4) is 0 Å². The van der Waals surface area contributed by atoms with E-state index in [1.165, 1.54) is 6.20 Å². The summed E-state index contributed by atoms with van der Waals surface area (Å²) in [4.78, 5) is 25.9. The van der Waals surface area contributed by atoms with E-state index < -0.39 is 11.1 Å². The molecular formula is C15H17Cl2N3O2. The summed E-state index contributed by atoms with van der Waals surface area (Å²) >= 11 is 12.1. The molecule has 1 amide bonds. The maximum Gasteiger partial charge on any atom is 0.276 e. The van der Waals surface area contributed by atoms with Crippen LogP contribution in [0.15, 0.2) is 29.2 Å². The van der Waals surface area contributed by atoms with E-state index in [9.17, 15) is 9.59 Å². The van der Waals surface area contributed by atoms with Gasteiger partial charge in [0.05, 0.1) is 0 Å². The number of hydrogen-bond donors (Lipinski definition) is 2. The zero-order chi connectivity index (χ0) is 16.5. The van der Waals surface area contributed by atoms with Crippen molar-refractivity contribution in [3.63, 3.8) is 0 Å². The van der Waals surface area contributed by atoms with Crippen LogP contribution in [0.5, 0.6) is 0 Å². The van der Waals surface area contributed by atoms with Gasteiger partial charge in [-0.05, 0) is 38.5 Å². The Kier molecular flexibility index (Phi) is 4.68. The predicted molar refractivity (Wildman–Crippen MR) is 87.5 cm³/mol. The van der Waals surface area contributed by atoms with Crippen molar-refractivity contribution in [3.05, 3.63) is 55.9 Å². The zero-order valence-corrected chi connectivity index (χ0v) is 14.0. The number of halogens is 2. The van der Waals surface area contributed by atoms with Crippen LogP contribution in [-0.2, 0) is 6.54 Å². The average Bonchev–Trinajstić information content (AvgIpc) is 2.82. The first kappa shape index (κ1) is 16.6. The van der Waals surface area contributed by atoms with Gasteiger partial charge >= 0.3 is 0 Å². The van der Waals surface area contributed by atoms with Gasteiger partial charge in [-0.15, -0.1) is 0 Å². The lowest BCUT2D eigenvalue weighted by atomic mass is 10.0. The van der Waals surface area contributed by atoms with Crippen LogP contribution in [0.4, 0.5) is 0 Å². The highest BCUT2D eigenvalue weighted by molar-refractivity contribution is 6.35. The summed E-state index contributed by atoms with van der Waals surface area (Å²) in [7, 11) is 0. The Labute approximate surface area is 138 Å². The third kappa shape index (κ3) is 3.54. The van der Waals surface area contributed by atoms with Gasteiger partial charge in [0, 0.05) is 28.3 Å². The zero-order valence-electron chi connectivity index (χ0n) is 12.5. The average molecular weight is 342 g/mol. The van der Waals surface area contributed by atoms with Crippen molar-refractivity contribution in [3.8, 4) is 0 Å². The number of aromatic amines is 2. The molecule has 0 aliphatic heterocycles. The highest BCUT2D eigenvalue weighted by Gasteiger charge is 2.29. The standard InChI is InChI=1S/C15H17Cl2N3O2/c1-15(2,3)20(14(22)11-7-18-19-13(11)21)8-9-4-5-10(16)6-12(9)17/h4-7H,8H2,1-3H3,(H2,18,19,21). The predicted octanol–water partition coefficient (Wildman–Crippen LogP) is 3.45. The third-order valence-corrected chi connectivity index (χ3v) is 3.86. The second-order valence-corrected chi connectivity index (χ2v) is 6.80. The molecule has 0 bridgehead atoms. The van der Waals surface area contributed by atoms with Crippen molar-refractivity contribution in [2.75, 3.05) is 0 Å². The van der Waals surface area contributed by atoms with E-state index in [-0.39, 0.29) is 18.0 Å². The molecule has 22 heavy (non-hydrogen) atoms. The number of aromatic nitrogens is 2. The molecule has 0 atom stereocenters. The Morgan fingerprint density at radius 1 is 1.27 bits per heavy atom. The highest BCUT2D eigenvalue weighted by Crippen LogP contribution is 2.26. The number of hydrogen-bond acceptors (Lipinski definition) is 2. The molecule has 7 heteroatoms. The number of benzene rings is 1. The van der Waals surface area contributed by atoms with Crippen molar-refractivity contribution in [2.24, 2.45) is 0 Å². The first-order valence-electron chi connectivity index (χ1n) is 6.72. The molecule has 0 aliphatic rings. The smallest absolute Gasteiger partial charge is 0.276 e. The molecule has 2 N–H and O–H groups in total. The molecule has 5 nitrogen and oxygen atoms in total. The van der Waals surface area contributed by atoms with Gasteiger partial charge in [0.1, 0.15) is 5.56 Å². The van der Waals surface area contributed by atoms with Gasteiger partial charge in [-0.3, -0.25) is 14.7 Å². The van der Waals surface area contributed by atoms with Crippen molar-refractivity contribution >= 4 is 29.1 Å². The van der Waals surface area contributed by atoms with Crippen LogP contribution in [0.1, 0.15) is 36.7 Å². The maximum absolute atomic E-state index is 12.7. The van der Waals surface area contributed by atoms with Gasteiger partial charge in [0.2, 0.25) is 0 Å². The summed E-state index contributed by atoms with van der Waals surface area (Å²) < 4.78 is 0. The Morgan fingerprint density at radius 3 is 2.45 bits per heavy atom. The van der Waals surface area contributed by atoms with Gasteiger partial charge in [0.25, 0.3) is 11.5 Å². The van der Waals surface area contributed by atoms with Crippen LogP contribution >= 0.6 is 23.2 Å². The van der Waals surface area contributed by atoms with E-state index >= 15 is 0 Å². The fourth-order valence-electron chi connectivity index (χ4n) is 2.04. The SMILES string of the molecule is CC(C)(C)N(Cc1ccc(Cl)cc1Cl)C(=O)c1c[nH][nH]c1=O. The van der Waals surface area contributed by atoms with Gasteiger partial charge < -0.3 is 10.00 Å². The third-order valence-electron chi connectivity index (χ3n) is 3.28. The molecule has 118 valence electrons. The highest BCUT2D eigenvalue weighted by atomic mass is 35.5. The minimum atomic E-state index is -0.482. The van der Waals surface area contributed by atoms with Crippen LogP contribution < -0.4 is 5.56 Å². The number of nitrogens with one attached hydrogen (secondary N) is 2. The van der Waals surface area contributed by atoms with Crippen molar-refractivity contribution in [1.29, 1.82) is 0 Å². The Balaban J connectivity index is 2.38. The molecule has 0 unspecified atom stereocenters. The van der Waals surface area contributed by atoms with Crippen molar-refractivity contribution in [2.45, 2.75) is 32.9 Å².